The number of likely N-dealkylation sites (tertiary alicyclic amines) is 1. The standard InChI is InChI=1S/C27H37F2N9O5S/c28-26(29)43-20-14-32-27(33-15-20)34-19-6-11-38(12-7-19)44(41,42)13-1-8-37-9-4-18(5-10-37)22-16-31-23(17-30-22)35-21-2-3-24(39)36-25(21)40/h14-19,21,26H,1-13H2,(H,31,35)(H,32,33,34)(H,36,39,40). The zero-order chi connectivity index (χ0) is 31.1. The number of halogens is 2. The molecule has 3 N–H and O–H groups in total. The van der Waals surface area contributed by atoms with Gasteiger partial charge in [0.15, 0.2) is 5.75 Å². The summed E-state index contributed by atoms with van der Waals surface area (Å²) in [4.78, 5) is 42.5. The summed E-state index contributed by atoms with van der Waals surface area (Å²) < 4.78 is 56.3. The van der Waals surface area contributed by atoms with Gasteiger partial charge in [0.1, 0.15) is 11.9 Å². The third-order valence-corrected chi connectivity index (χ3v) is 10.1. The molecule has 3 fully saturated rings. The Hall–Kier alpha value is -3.57. The van der Waals surface area contributed by atoms with Gasteiger partial charge in [0, 0.05) is 31.5 Å². The fourth-order valence-corrected chi connectivity index (χ4v) is 7.22. The monoisotopic (exact) mass is 637 g/mol. The average molecular weight is 638 g/mol. The molecule has 0 bridgehead atoms. The minimum atomic E-state index is -3.38. The van der Waals surface area contributed by atoms with Crippen LogP contribution in [0.4, 0.5) is 20.5 Å². The third-order valence-electron chi connectivity index (χ3n) is 8.15. The van der Waals surface area contributed by atoms with Crippen molar-refractivity contribution < 1.29 is 31.5 Å². The number of carbonyl (C=O) groups excluding carboxylic acids is 2. The van der Waals surface area contributed by atoms with E-state index in [0.29, 0.717) is 51.1 Å². The lowest BCUT2D eigenvalue weighted by atomic mass is 9.94. The number of ether oxygens (including phenoxy) is 1. The number of piperidine rings is 3. The maximum Gasteiger partial charge on any atom is 0.387 e. The number of aromatic nitrogens is 4. The zero-order valence-electron chi connectivity index (χ0n) is 24.2. The van der Waals surface area contributed by atoms with Crippen LogP contribution in [0, 0.1) is 0 Å². The average Bonchev–Trinajstić information content (AvgIpc) is 3.00. The molecule has 17 heteroatoms. The van der Waals surface area contributed by atoms with E-state index in [-0.39, 0.29) is 47.6 Å². The Morgan fingerprint density at radius 2 is 1.66 bits per heavy atom. The van der Waals surface area contributed by atoms with E-state index in [9.17, 15) is 26.8 Å². The summed E-state index contributed by atoms with van der Waals surface area (Å²) in [5.74, 6) is 0.376. The van der Waals surface area contributed by atoms with Gasteiger partial charge >= 0.3 is 6.61 Å². The Morgan fingerprint density at radius 1 is 0.932 bits per heavy atom. The maximum atomic E-state index is 13.0. The van der Waals surface area contributed by atoms with Crippen molar-refractivity contribution in [1.82, 2.24) is 34.5 Å². The Labute approximate surface area is 254 Å². The second kappa shape index (κ2) is 14.5. The van der Waals surface area contributed by atoms with Crippen molar-refractivity contribution in [1.29, 1.82) is 0 Å². The molecule has 240 valence electrons. The van der Waals surface area contributed by atoms with Gasteiger partial charge in [-0.25, -0.2) is 27.7 Å². The number of hydrogen-bond donors (Lipinski definition) is 3. The van der Waals surface area contributed by atoms with Crippen LogP contribution in [-0.4, -0.2) is 107 Å². The van der Waals surface area contributed by atoms with Gasteiger partial charge in [-0.2, -0.15) is 8.78 Å². The highest BCUT2D eigenvalue weighted by atomic mass is 32.2. The van der Waals surface area contributed by atoms with E-state index >= 15 is 0 Å². The predicted octanol–water partition coefficient (Wildman–Crippen LogP) is 1.56. The molecule has 2 aromatic heterocycles. The van der Waals surface area contributed by atoms with E-state index in [4.69, 9.17) is 0 Å². The molecule has 0 spiro atoms. The molecule has 2 amide bonds. The topological polar surface area (TPSA) is 172 Å². The molecule has 44 heavy (non-hydrogen) atoms. The van der Waals surface area contributed by atoms with Crippen molar-refractivity contribution in [3.8, 4) is 5.75 Å². The highest BCUT2D eigenvalue weighted by Crippen LogP contribution is 2.27. The molecule has 3 aliphatic rings. The molecule has 2 aromatic rings. The second-order valence-electron chi connectivity index (χ2n) is 11.2. The van der Waals surface area contributed by atoms with Crippen LogP contribution in [0.5, 0.6) is 5.75 Å². The first-order valence-electron chi connectivity index (χ1n) is 14.8. The third kappa shape index (κ3) is 8.75. The lowest BCUT2D eigenvalue weighted by molar-refractivity contribution is -0.133. The van der Waals surface area contributed by atoms with Gasteiger partial charge < -0.3 is 20.3 Å². The summed E-state index contributed by atoms with van der Waals surface area (Å²) in [6, 6.07) is -0.527. The molecule has 5 rings (SSSR count). The predicted molar refractivity (Wildman–Crippen MR) is 156 cm³/mol. The molecule has 0 radical (unpaired) electrons. The van der Waals surface area contributed by atoms with Gasteiger partial charge in [-0.3, -0.25) is 19.9 Å². The highest BCUT2D eigenvalue weighted by molar-refractivity contribution is 7.89. The first-order chi connectivity index (χ1) is 21.1. The highest BCUT2D eigenvalue weighted by Gasteiger charge is 2.29. The summed E-state index contributed by atoms with van der Waals surface area (Å²) in [6.07, 6.45) is 9.90. The SMILES string of the molecule is O=C1CCC(Nc2cnc(C3CCN(CCCS(=O)(=O)N4CCC(Nc5ncc(OC(F)F)cn5)CC4)CC3)cn2)C(=O)N1. The van der Waals surface area contributed by atoms with Gasteiger partial charge in [-0.15, -0.1) is 0 Å². The summed E-state index contributed by atoms with van der Waals surface area (Å²) in [7, 11) is -3.38. The van der Waals surface area contributed by atoms with Gasteiger partial charge in [0.2, 0.25) is 27.8 Å². The molecule has 0 saturated carbocycles. The number of imide groups is 1. The van der Waals surface area contributed by atoms with Gasteiger partial charge in [0.05, 0.1) is 36.2 Å². The van der Waals surface area contributed by atoms with E-state index in [0.717, 1.165) is 31.6 Å². The van der Waals surface area contributed by atoms with Crippen molar-refractivity contribution >= 4 is 33.6 Å². The van der Waals surface area contributed by atoms with Crippen LogP contribution in [-0.2, 0) is 19.6 Å². The lowest BCUT2D eigenvalue weighted by Crippen LogP contribution is -2.47. The number of nitrogens with one attached hydrogen (secondary N) is 3. The van der Waals surface area contributed by atoms with Crippen molar-refractivity contribution in [3.05, 3.63) is 30.5 Å². The van der Waals surface area contributed by atoms with Crippen LogP contribution >= 0.6 is 0 Å². The van der Waals surface area contributed by atoms with E-state index in [1.165, 1.54) is 16.7 Å². The summed E-state index contributed by atoms with van der Waals surface area (Å²) in [5.41, 5.74) is 0.892. The van der Waals surface area contributed by atoms with E-state index in [1.807, 2.05) is 0 Å². The van der Waals surface area contributed by atoms with Crippen molar-refractivity contribution in [2.45, 2.75) is 69.6 Å². The molecular weight excluding hydrogens is 600 g/mol. The number of sulfonamides is 1. The number of rotatable bonds is 12. The van der Waals surface area contributed by atoms with Crippen LogP contribution in [0.15, 0.2) is 24.8 Å². The zero-order valence-corrected chi connectivity index (χ0v) is 25.0. The summed E-state index contributed by atoms with van der Waals surface area (Å²) in [5, 5.41) is 8.48. The van der Waals surface area contributed by atoms with Crippen molar-refractivity contribution in [3.63, 3.8) is 0 Å². The van der Waals surface area contributed by atoms with Gasteiger partial charge in [-0.1, -0.05) is 0 Å². The van der Waals surface area contributed by atoms with Crippen LogP contribution in [0.25, 0.3) is 0 Å². The van der Waals surface area contributed by atoms with Crippen molar-refractivity contribution in [2.24, 2.45) is 0 Å². The number of amides is 2. The first-order valence-corrected chi connectivity index (χ1v) is 16.4. The molecular formula is C27H37F2N9O5S. The number of nitrogens with zero attached hydrogens (tertiary/aromatic N) is 6. The Balaban J connectivity index is 0.982. The Morgan fingerprint density at radius 3 is 2.30 bits per heavy atom. The summed E-state index contributed by atoms with van der Waals surface area (Å²) >= 11 is 0. The summed E-state index contributed by atoms with van der Waals surface area (Å²) in [6.45, 7) is 0.225. The van der Waals surface area contributed by atoms with E-state index < -0.39 is 22.7 Å². The van der Waals surface area contributed by atoms with Gasteiger partial charge in [-0.05, 0) is 58.2 Å². The largest absolute Gasteiger partial charge is 0.432 e. The number of hydrogen-bond acceptors (Lipinski definition) is 12. The Kier molecular flexibility index (Phi) is 10.5. The molecule has 1 unspecified atom stereocenters. The van der Waals surface area contributed by atoms with Crippen LogP contribution < -0.4 is 20.7 Å². The quantitative estimate of drug-likeness (QED) is 0.287. The minimum Gasteiger partial charge on any atom is -0.432 e. The normalized spacial score (nSPS) is 21.3. The fraction of sp³-hybridized carbons (Fsp3) is 0.630. The number of carbonyl (C=O) groups is 2. The smallest absolute Gasteiger partial charge is 0.387 e. The molecule has 1 atom stereocenters. The van der Waals surface area contributed by atoms with E-state index in [2.05, 4.69) is 45.5 Å². The van der Waals surface area contributed by atoms with Gasteiger partial charge in [0.25, 0.3) is 0 Å². The molecule has 3 saturated heterocycles. The fourth-order valence-electron chi connectivity index (χ4n) is 5.70. The van der Waals surface area contributed by atoms with Crippen molar-refractivity contribution in [2.75, 3.05) is 49.1 Å². The molecule has 5 heterocycles. The lowest BCUT2D eigenvalue weighted by Gasteiger charge is -2.33. The van der Waals surface area contributed by atoms with E-state index in [1.54, 1.807) is 12.4 Å². The minimum absolute atomic E-state index is 0.0212. The van der Waals surface area contributed by atoms with Crippen LogP contribution in [0.2, 0.25) is 0 Å². The second-order valence-corrected chi connectivity index (χ2v) is 13.3. The Bertz CT molecular complexity index is 1370. The first kappa shape index (κ1) is 31.8. The molecule has 14 nitrogen and oxygen atoms in total. The molecule has 0 aromatic carbocycles. The molecule has 0 aliphatic carbocycles. The number of anilines is 2. The van der Waals surface area contributed by atoms with Crippen LogP contribution in [0.1, 0.15) is 56.6 Å². The number of alkyl halides is 2. The maximum absolute atomic E-state index is 13.0. The van der Waals surface area contributed by atoms with Crippen LogP contribution in [0.3, 0.4) is 0 Å². The molecule has 3 aliphatic heterocycles.